The van der Waals surface area contributed by atoms with Crippen LogP contribution in [0.1, 0.15) is 22.3 Å². The van der Waals surface area contributed by atoms with Crippen molar-refractivity contribution in [1.82, 2.24) is 0 Å². The van der Waals surface area contributed by atoms with Crippen molar-refractivity contribution in [3.05, 3.63) is 271 Å². The predicted molar refractivity (Wildman–Crippen MR) is 277 cm³/mol. The highest BCUT2D eigenvalue weighted by Gasteiger charge is 2.46. The minimum absolute atomic E-state index is 0.549. The van der Waals surface area contributed by atoms with Gasteiger partial charge in [0, 0.05) is 37.1 Å². The average molecular weight is 844 g/mol. The van der Waals surface area contributed by atoms with Gasteiger partial charge in [-0.15, -0.1) is 11.3 Å². The maximum absolute atomic E-state index is 2.57. The summed E-state index contributed by atoms with van der Waals surface area (Å²) in [4.78, 5) is 2.57. The fraction of sp³-hybridized carbons (Fsp3) is 0.0159. The Hall–Kier alpha value is -8.04. The van der Waals surface area contributed by atoms with Crippen LogP contribution in [0.3, 0.4) is 0 Å². The predicted octanol–water partition coefficient (Wildman–Crippen LogP) is 17.5. The molecule has 0 radical (unpaired) electrons. The second-order valence-corrected chi connectivity index (χ2v) is 18.2. The topological polar surface area (TPSA) is 3.24 Å². The van der Waals surface area contributed by atoms with Gasteiger partial charge in [-0.3, -0.25) is 0 Å². The molecule has 0 aliphatic heterocycles. The smallest absolute Gasteiger partial charge is 0.0714 e. The molecule has 0 bridgehead atoms. The number of anilines is 3. The van der Waals surface area contributed by atoms with Gasteiger partial charge in [0.2, 0.25) is 0 Å². The Balaban J connectivity index is 1.14. The third-order valence-corrected chi connectivity index (χ3v) is 14.8. The summed E-state index contributed by atoms with van der Waals surface area (Å²) in [7, 11) is 0. The lowest BCUT2D eigenvalue weighted by Crippen LogP contribution is -2.28. The Morgan fingerprint density at radius 2 is 0.892 bits per heavy atom. The first-order valence-electron chi connectivity index (χ1n) is 22.4. The maximum atomic E-state index is 2.57. The zero-order chi connectivity index (χ0) is 42.9. The number of thiophene rings is 1. The van der Waals surface area contributed by atoms with E-state index in [-0.39, 0.29) is 0 Å². The van der Waals surface area contributed by atoms with Crippen LogP contribution in [0, 0.1) is 0 Å². The molecule has 13 rings (SSSR count). The van der Waals surface area contributed by atoms with E-state index in [2.05, 4.69) is 254 Å². The molecule has 0 N–H and O–H groups in total. The van der Waals surface area contributed by atoms with Crippen LogP contribution in [-0.4, -0.2) is 0 Å². The lowest BCUT2D eigenvalue weighted by atomic mass is 9.67. The van der Waals surface area contributed by atoms with E-state index >= 15 is 0 Å². The van der Waals surface area contributed by atoms with E-state index in [0.29, 0.717) is 0 Å². The fourth-order valence-corrected chi connectivity index (χ4v) is 12.1. The van der Waals surface area contributed by atoms with Gasteiger partial charge >= 0.3 is 0 Å². The maximum Gasteiger partial charge on any atom is 0.0714 e. The van der Waals surface area contributed by atoms with Crippen molar-refractivity contribution < 1.29 is 0 Å². The van der Waals surface area contributed by atoms with Gasteiger partial charge in [-0.2, -0.15) is 0 Å². The standard InChI is InChI=1S/C63H41NS/c1-4-19-42(20-5-1)49-37-38-60-61(54-31-14-17-34-59(54)65-60)62(49)64(48-36-35-44-39-55(43-21-6-2-7-22-43)50-27-10-11-28-51(50)56(44)41-48)47-26-18-25-46(40-47)63(45-23-8-3-9-24-45)57-32-15-12-29-52(57)53-30-13-16-33-58(53)63/h1-41H. The molecule has 1 heterocycles. The highest BCUT2D eigenvalue weighted by atomic mass is 32.1. The van der Waals surface area contributed by atoms with Crippen LogP contribution in [0.15, 0.2) is 249 Å². The highest BCUT2D eigenvalue weighted by molar-refractivity contribution is 7.26. The van der Waals surface area contributed by atoms with Gasteiger partial charge in [-0.05, 0) is 114 Å². The molecule has 0 unspecified atom stereocenters. The van der Waals surface area contributed by atoms with Crippen LogP contribution in [-0.2, 0) is 5.41 Å². The van der Waals surface area contributed by atoms with Crippen LogP contribution in [0.5, 0.6) is 0 Å². The number of hydrogen-bond acceptors (Lipinski definition) is 2. The first-order valence-corrected chi connectivity index (χ1v) is 23.2. The first kappa shape index (κ1) is 37.5. The summed E-state index contributed by atoms with van der Waals surface area (Å²) in [6.45, 7) is 0. The van der Waals surface area contributed by atoms with Gasteiger partial charge in [-0.1, -0.05) is 206 Å². The molecule has 1 aromatic heterocycles. The van der Waals surface area contributed by atoms with Crippen molar-refractivity contribution in [3.8, 4) is 33.4 Å². The second-order valence-electron chi connectivity index (χ2n) is 17.1. The Morgan fingerprint density at radius 3 is 1.62 bits per heavy atom. The molecule has 0 spiro atoms. The first-order chi connectivity index (χ1) is 32.3. The summed E-state index contributed by atoms with van der Waals surface area (Å²) >= 11 is 1.87. The van der Waals surface area contributed by atoms with Crippen molar-refractivity contribution in [2.45, 2.75) is 5.41 Å². The quantitative estimate of drug-likeness (QED) is 0.145. The number of fused-ring (bicyclic) bond motifs is 9. The molecule has 1 aliphatic carbocycles. The molecule has 0 amide bonds. The fourth-order valence-electron chi connectivity index (χ4n) is 11.0. The number of nitrogens with zero attached hydrogens (tertiary/aromatic N) is 1. The summed E-state index contributed by atoms with van der Waals surface area (Å²) in [5, 5.41) is 7.45. The molecule has 0 saturated carbocycles. The largest absolute Gasteiger partial charge is 0.309 e. The van der Waals surface area contributed by atoms with E-state index in [1.807, 2.05) is 11.3 Å². The van der Waals surface area contributed by atoms with Gasteiger partial charge in [0.25, 0.3) is 0 Å². The average Bonchev–Trinajstić information content (AvgIpc) is 3.91. The van der Waals surface area contributed by atoms with Crippen molar-refractivity contribution in [1.29, 1.82) is 0 Å². The highest BCUT2D eigenvalue weighted by Crippen LogP contribution is 2.57. The normalized spacial score (nSPS) is 12.7. The van der Waals surface area contributed by atoms with E-state index in [9.17, 15) is 0 Å². The van der Waals surface area contributed by atoms with Gasteiger partial charge in [0.15, 0.2) is 0 Å². The second kappa shape index (κ2) is 15.1. The van der Waals surface area contributed by atoms with Crippen molar-refractivity contribution in [3.63, 3.8) is 0 Å². The summed E-state index contributed by atoms with van der Waals surface area (Å²) in [5.74, 6) is 0. The van der Waals surface area contributed by atoms with Gasteiger partial charge < -0.3 is 4.90 Å². The van der Waals surface area contributed by atoms with Gasteiger partial charge in [0.05, 0.1) is 11.1 Å². The molecule has 304 valence electrons. The van der Waals surface area contributed by atoms with Crippen LogP contribution in [0.4, 0.5) is 17.1 Å². The van der Waals surface area contributed by atoms with E-state index < -0.39 is 5.41 Å². The molecule has 0 fully saturated rings. The number of rotatable bonds is 7. The van der Waals surface area contributed by atoms with Gasteiger partial charge in [0.1, 0.15) is 0 Å². The minimum atomic E-state index is -0.549. The minimum Gasteiger partial charge on any atom is -0.309 e. The van der Waals surface area contributed by atoms with E-state index in [1.54, 1.807) is 0 Å². The molecule has 65 heavy (non-hydrogen) atoms. The summed E-state index contributed by atoms with van der Waals surface area (Å²) in [6.07, 6.45) is 0. The summed E-state index contributed by atoms with van der Waals surface area (Å²) in [5.41, 5.74) is 15.3. The van der Waals surface area contributed by atoms with Gasteiger partial charge in [-0.25, -0.2) is 0 Å². The molecular weight excluding hydrogens is 803 g/mol. The summed E-state index contributed by atoms with van der Waals surface area (Å²) < 4.78 is 2.54. The monoisotopic (exact) mass is 843 g/mol. The Kier molecular flexibility index (Phi) is 8.69. The molecule has 12 aromatic rings. The third-order valence-electron chi connectivity index (χ3n) is 13.7. The molecule has 1 aliphatic rings. The Labute approximate surface area is 382 Å². The molecule has 0 saturated heterocycles. The lowest BCUT2D eigenvalue weighted by Gasteiger charge is -2.35. The number of hydrogen-bond donors (Lipinski definition) is 0. The van der Waals surface area contributed by atoms with Crippen LogP contribution in [0.25, 0.3) is 75.1 Å². The van der Waals surface area contributed by atoms with E-state index in [0.717, 1.165) is 11.4 Å². The number of benzene rings is 11. The van der Waals surface area contributed by atoms with Crippen LogP contribution in [0.2, 0.25) is 0 Å². The molecule has 11 aromatic carbocycles. The van der Waals surface area contributed by atoms with Crippen molar-refractivity contribution in [2.24, 2.45) is 0 Å². The molecule has 2 heteroatoms. The van der Waals surface area contributed by atoms with Crippen LogP contribution < -0.4 is 4.90 Å². The molecular formula is C63H41NS. The summed E-state index contributed by atoms with van der Waals surface area (Å²) in [6, 6.07) is 92.3. The molecule has 1 nitrogen and oxygen atoms in total. The Bertz CT molecular complexity index is 3730. The van der Waals surface area contributed by atoms with Crippen molar-refractivity contribution in [2.75, 3.05) is 4.90 Å². The lowest BCUT2D eigenvalue weighted by molar-refractivity contribution is 0.768. The molecule has 0 atom stereocenters. The van der Waals surface area contributed by atoms with E-state index in [1.165, 1.54) is 103 Å². The zero-order valence-corrected chi connectivity index (χ0v) is 36.3. The van der Waals surface area contributed by atoms with Crippen LogP contribution >= 0.6 is 11.3 Å². The van der Waals surface area contributed by atoms with E-state index in [4.69, 9.17) is 0 Å². The van der Waals surface area contributed by atoms with Crippen molar-refractivity contribution >= 4 is 70.1 Å². The Morgan fingerprint density at radius 1 is 0.323 bits per heavy atom. The SMILES string of the molecule is c1ccc(-c2ccc3sc4ccccc4c3c2N(c2cccc(C3(c4ccccc4)c4ccccc4-c4ccccc43)c2)c2ccc3cc(-c4ccccc4)c4ccccc4c3c2)cc1. The third kappa shape index (κ3) is 5.78. The zero-order valence-electron chi connectivity index (χ0n) is 35.5.